The summed E-state index contributed by atoms with van der Waals surface area (Å²) in [5.74, 6) is 0.551. The van der Waals surface area contributed by atoms with Crippen LogP contribution in [0.2, 0.25) is 0 Å². The molecule has 1 aromatic carbocycles. The molecule has 0 radical (unpaired) electrons. The van der Waals surface area contributed by atoms with Crippen molar-refractivity contribution in [3.63, 3.8) is 0 Å². The first-order chi connectivity index (χ1) is 14.7. The highest BCUT2D eigenvalue weighted by molar-refractivity contribution is 5.68. The van der Waals surface area contributed by atoms with Crippen LogP contribution in [0.1, 0.15) is 46.1 Å². The summed E-state index contributed by atoms with van der Waals surface area (Å²) in [5, 5.41) is 0. The summed E-state index contributed by atoms with van der Waals surface area (Å²) < 4.78 is 11.0. The zero-order chi connectivity index (χ0) is 22.4. The summed E-state index contributed by atoms with van der Waals surface area (Å²) in [6, 6.07) is 10.2. The molecule has 172 valence electrons. The molecule has 2 aliphatic heterocycles. The van der Waals surface area contributed by atoms with E-state index < -0.39 is 5.60 Å². The van der Waals surface area contributed by atoms with E-state index in [9.17, 15) is 9.59 Å². The predicted molar refractivity (Wildman–Crippen MR) is 120 cm³/mol. The summed E-state index contributed by atoms with van der Waals surface area (Å²) in [7, 11) is 0. The number of nitrogens with zero attached hydrogens (tertiary/aromatic N) is 3. The van der Waals surface area contributed by atoms with Gasteiger partial charge in [0.2, 0.25) is 0 Å². The zero-order valence-electron chi connectivity index (χ0n) is 19.4. The lowest BCUT2D eigenvalue weighted by Gasteiger charge is -2.43. The van der Waals surface area contributed by atoms with Crippen LogP contribution in [0.3, 0.4) is 0 Å². The number of carbonyl (C=O) groups is 2. The molecule has 7 nitrogen and oxygen atoms in total. The topological polar surface area (TPSA) is 62.3 Å². The van der Waals surface area contributed by atoms with Crippen LogP contribution in [0.15, 0.2) is 30.3 Å². The lowest BCUT2D eigenvalue weighted by atomic mass is 9.89. The molecule has 1 aromatic rings. The number of benzene rings is 1. The average Bonchev–Trinajstić information content (AvgIpc) is 2.77. The highest BCUT2D eigenvalue weighted by Crippen LogP contribution is 2.26. The Balaban J connectivity index is 1.39. The van der Waals surface area contributed by atoms with E-state index in [1.54, 1.807) is 4.90 Å². The Hall–Kier alpha value is -2.28. The fraction of sp³-hybridized carbons (Fsp3) is 0.667. The Morgan fingerprint density at radius 1 is 0.935 bits per heavy atom. The van der Waals surface area contributed by atoms with E-state index in [1.165, 1.54) is 0 Å². The van der Waals surface area contributed by atoms with E-state index in [2.05, 4.69) is 11.8 Å². The van der Waals surface area contributed by atoms with Gasteiger partial charge in [0.1, 0.15) is 12.2 Å². The van der Waals surface area contributed by atoms with Gasteiger partial charge in [-0.25, -0.2) is 9.59 Å². The van der Waals surface area contributed by atoms with E-state index in [-0.39, 0.29) is 12.2 Å². The molecule has 0 N–H and O–H groups in total. The Kier molecular flexibility index (Phi) is 7.81. The molecule has 0 unspecified atom stereocenters. The average molecular weight is 432 g/mol. The molecule has 2 heterocycles. The van der Waals surface area contributed by atoms with Crippen molar-refractivity contribution in [1.82, 2.24) is 14.7 Å². The summed E-state index contributed by atoms with van der Waals surface area (Å²) in [5.41, 5.74) is 0.546. The van der Waals surface area contributed by atoms with Crippen LogP contribution in [0.25, 0.3) is 0 Å². The number of carbonyl (C=O) groups excluding carboxylic acids is 2. The molecule has 0 saturated carbocycles. The van der Waals surface area contributed by atoms with Crippen molar-refractivity contribution in [2.75, 3.05) is 39.3 Å². The minimum absolute atomic E-state index is 0.207. The molecule has 1 atom stereocenters. The second kappa shape index (κ2) is 10.4. The maximum Gasteiger partial charge on any atom is 0.410 e. The summed E-state index contributed by atoms with van der Waals surface area (Å²) in [6.45, 7) is 12.9. The molecule has 0 spiro atoms. The summed E-state index contributed by atoms with van der Waals surface area (Å²) in [6.07, 6.45) is 1.53. The molecule has 0 aliphatic carbocycles. The van der Waals surface area contributed by atoms with E-state index in [0.717, 1.165) is 44.6 Å². The van der Waals surface area contributed by atoms with Crippen LogP contribution in [-0.2, 0) is 16.1 Å². The molecular formula is C24H37N3O4. The SMILES string of the molecule is C[C@H](C1CCN(C(=O)OC(C)(C)C)CC1)N1CCN(C(=O)OCc2ccccc2)CC1. The Bertz CT molecular complexity index is 718. The third kappa shape index (κ3) is 6.86. The van der Waals surface area contributed by atoms with Gasteiger partial charge in [-0.15, -0.1) is 0 Å². The van der Waals surface area contributed by atoms with Crippen LogP contribution in [0.5, 0.6) is 0 Å². The van der Waals surface area contributed by atoms with Gasteiger partial charge in [-0.3, -0.25) is 4.90 Å². The van der Waals surface area contributed by atoms with Crippen molar-refractivity contribution >= 4 is 12.2 Å². The molecule has 2 aliphatic rings. The van der Waals surface area contributed by atoms with Crippen LogP contribution in [-0.4, -0.2) is 77.8 Å². The Morgan fingerprint density at radius 2 is 1.52 bits per heavy atom. The van der Waals surface area contributed by atoms with E-state index in [1.807, 2.05) is 56.0 Å². The molecule has 2 saturated heterocycles. The normalized spacial score (nSPS) is 19.7. The first-order valence-corrected chi connectivity index (χ1v) is 11.4. The Labute approximate surface area is 186 Å². The molecule has 2 amide bonds. The van der Waals surface area contributed by atoms with Crippen LogP contribution < -0.4 is 0 Å². The highest BCUT2D eigenvalue weighted by atomic mass is 16.6. The van der Waals surface area contributed by atoms with Gasteiger partial charge in [-0.2, -0.15) is 0 Å². The maximum atomic E-state index is 12.4. The largest absolute Gasteiger partial charge is 0.445 e. The van der Waals surface area contributed by atoms with Crippen molar-refractivity contribution in [3.05, 3.63) is 35.9 Å². The number of likely N-dealkylation sites (tertiary alicyclic amines) is 1. The summed E-state index contributed by atoms with van der Waals surface area (Å²) in [4.78, 5) is 30.8. The number of amides is 2. The first-order valence-electron chi connectivity index (χ1n) is 11.4. The minimum atomic E-state index is -0.455. The van der Waals surface area contributed by atoms with Gasteiger partial charge < -0.3 is 19.3 Å². The number of hydrogen-bond acceptors (Lipinski definition) is 5. The molecule has 31 heavy (non-hydrogen) atoms. The first kappa shape index (κ1) is 23.4. The number of piperidine rings is 1. The molecule has 0 bridgehead atoms. The minimum Gasteiger partial charge on any atom is -0.445 e. The molecule has 3 rings (SSSR count). The fourth-order valence-corrected chi connectivity index (χ4v) is 4.31. The van der Waals surface area contributed by atoms with Crippen LogP contribution >= 0.6 is 0 Å². The van der Waals surface area contributed by atoms with Crippen LogP contribution in [0, 0.1) is 5.92 Å². The van der Waals surface area contributed by atoms with Crippen molar-refractivity contribution in [1.29, 1.82) is 0 Å². The quantitative estimate of drug-likeness (QED) is 0.722. The second-order valence-corrected chi connectivity index (χ2v) is 9.61. The highest BCUT2D eigenvalue weighted by Gasteiger charge is 2.33. The third-order valence-electron chi connectivity index (χ3n) is 6.23. The number of hydrogen-bond donors (Lipinski definition) is 0. The van der Waals surface area contributed by atoms with Crippen molar-refractivity contribution in [2.24, 2.45) is 5.92 Å². The lowest BCUT2D eigenvalue weighted by Crippen LogP contribution is -2.54. The Morgan fingerprint density at radius 3 is 2.10 bits per heavy atom. The van der Waals surface area contributed by atoms with Gasteiger partial charge in [0.25, 0.3) is 0 Å². The van der Waals surface area contributed by atoms with E-state index >= 15 is 0 Å². The van der Waals surface area contributed by atoms with E-state index in [4.69, 9.17) is 9.47 Å². The molecule has 7 heteroatoms. The van der Waals surface area contributed by atoms with Gasteiger partial charge in [-0.05, 0) is 52.0 Å². The fourth-order valence-electron chi connectivity index (χ4n) is 4.31. The zero-order valence-corrected chi connectivity index (χ0v) is 19.4. The smallest absolute Gasteiger partial charge is 0.410 e. The maximum absolute atomic E-state index is 12.4. The monoisotopic (exact) mass is 431 g/mol. The van der Waals surface area contributed by atoms with Crippen molar-refractivity contribution in [2.45, 2.75) is 58.8 Å². The number of piperazine rings is 1. The standard InChI is InChI=1S/C24H37N3O4/c1-19(21-10-12-26(13-11-21)23(29)31-24(2,3)4)25-14-16-27(17-15-25)22(28)30-18-20-8-6-5-7-9-20/h5-9,19,21H,10-18H2,1-4H3/t19-/m1/s1. The lowest BCUT2D eigenvalue weighted by molar-refractivity contribution is 0.01000. The predicted octanol–water partition coefficient (Wildman–Crippen LogP) is 3.98. The van der Waals surface area contributed by atoms with Gasteiger partial charge in [0.05, 0.1) is 0 Å². The molecular weight excluding hydrogens is 394 g/mol. The summed E-state index contributed by atoms with van der Waals surface area (Å²) >= 11 is 0. The molecule has 2 fully saturated rings. The number of ether oxygens (including phenoxy) is 2. The van der Waals surface area contributed by atoms with Crippen LogP contribution in [0.4, 0.5) is 9.59 Å². The van der Waals surface area contributed by atoms with Crippen molar-refractivity contribution < 1.29 is 19.1 Å². The molecule has 0 aromatic heterocycles. The van der Waals surface area contributed by atoms with E-state index in [0.29, 0.717) is 31.7 Å². The van der Waals surface area contributed by atoms with Gasteiger partial charge in [0, 0.05) is 45.3 Å². The third-order valence-corrected chi connectivity index (χ3v) is 6.23. The van der Waals surface area contributed by atoms with Gasteiger partial charge >= 0.3 is 12.2 Å². The van der Waals surface area contributed by atoms with Crippen molar-refractivity contribution in [3.8, 4) is 0 Å². The second-order valence-electron chi connectivity index (χ2n) is 9.61. The number of rotatable bonds is 4. The van der Waals surface area contributed by atoms with Gasteiger partial charge in [0.15, 0.2) is 0 Å². The van der Waals surface area contributed by atoms with Gasteiger partial charge in [-0.1, -0.05) is 30.3 Å².